The maximum atomic E-state index is 7.42. The first-order chi connectivity index (χ1) is 37.6. The summed E-state index contributed by atoms with van der Waals surface area (Å²) in [5.41, 5.74) is 25.0. The molecule has 78 heavy (non-hydrogen) atoms. The molecule has 4 heterocycles. The highest BCUT2D eigenvalue weighted by Gasteiger charge is 2.52. The lowest BCUT2D eigenvalue weighted by atomic mass is 9.33. The minimum Gasteiger partial charge on any atom is -0.458 e. The van der Waals surface area contributed by atoms with Crippen LogP contribution in [-0.2, 0) is 21.7 Å². The van der Waals surface area contributed by atoms with Crippen LogP contribution in [0.1, 0.15) is 101 Å². The van der Waals surface area contributed by atoms with E-state index in [2.05, 4.69) is 289 Å². The van der Waals surface area contributed by atoms with Crippen LogP contribution in [0, 0.1) is 0 Å². The number of para-hydroxylation sites is 4. The lowest BCUT2D eigenvalue weighted by molar-refractivity contribution is 0.486. The molecule has 378 valence electrons. The van der Waals surface area contributed by atoms with Gasteiger partial charge < -0.3 is 19.1 Å². The van der Waals surface area contributed by atoms with E-state index in [0.717, 1.165) is 45.3 Å². The minimum atomic E-state index is -0.519. The summed E-state index contributed by atoms with van der Waals surface area (Å²) in [6.45, 7) is 20.7. The second kappa shape index (κ2) is 16.3. The summed E-state index contributed by atoms with van der Waals surface area (Å²) in [4.78, 5) is 5.08. The zero-order valence-electron chi connectivity index (χ0n) is 46.0. The summed E-state index contributed by atoms with van der Waals surface area (Å²) in [6, 6.07) is 80.6. The van der Waals surface area contributed by atoms with Gasteiger partial charge in [0.2, 0.25) is 0 Å². The molecule has 10 aromatic carbocycles. The first-order valence-electron chi connectivity index (χ1n) is 27.9. The molecule has 0 saturated carbocycles. The van der Waals surface area contributed by atoms with Gasteiger partial charge in [-0.05, 0) is 137 Å². The first kappa shape index (κ1) is 46.7. The van der Waals surface area contributed by atoms with Gasteiger partial charge in [-0.1, -0.05) is 214 Å². The van der Waals surface area contributed by atoms with Crippen molar-refractivity contribution in [1.29, 1.82) is 0 Å². The number of aromatic nitrogens is 1. The molecule has 0 saturated heterocycles. The first-order valence-corrected chi connectivity index (χ1v) is 27.9. The molecule has 0 unspecified atom stereocenters. The smallest absolute Gasteiger partial charge is 0.256 e. The summed E-state index contributed by atoms with van der Waals surface area (Å²) in [5, 5.41) is 2.39. The molecule has 0 N–H and O–H groups in total. The molecule has 1 aliphatic carbocycles. The quantitative estimate of drug-likeness (QED) is 0.165. The molecule has 1 spiro atoms. The average molecular weight is 1010 g/mol. The molecule has 0 bridgehead atoms. The Labute approximate surface area is 459 Å². The van der Waals surface area contributed by atoms with Crippen LogP contribution in [0.3, 0.4) is 0 Å². The van der Waals surface area contributed by atoms with Crippen molar-refractivity contribution in [2.75, 3.05) is 9.80 Å². The Kier molecular flexibility index (Phi) is 9.74. The predicted molar refractivity (Wildman–Crippen MR) is 328 cm³/mol. The van der Waals surface area contributed by atoms with E-state index in [0.29, 0.717) is 0 Å². The molecule has 4 nitrogen and oxygen atoms in total. The molecule has 5 heteroatoms. The molecule has 4 aliphatic rings. The normalized spacial score (nSPS) is 14.6. The maximum absolute atomic E-state index is 7.42. The van der Waals surface area contributed by atoms with Crippen LogP contribution in [0.4, 0.5) is 34.1 Å². The summed E-state index contributed by atoms with van der Waals surface area (Å²) in [7, 11) is 0. The van der Waals surface area contributed by atoms with Crippen molar-refractivity contribution in [2.45, 2.75) is 84.0 Å². The fourth-order valence-corrected chi connectivity index (χ4v) is 14.0. The number of hydrogen-bond acceptors (Lipinski definition) is 3. The third kappa shape index (κ3) is 6.48. The Bertz CT molecular complexity index is 4230. The maximum Gasteiger partial charge on any atom is 0.256 e. The highest BCUT2D eigenvalue weighted by Crippen LogP contribution is 2.64. The number of rotatable bonds is 3. The molecular weight excluding hydrogens is 946 g/mol. The van der Waals surface area contributed by atoms with Crippen LogP contribution < -0.4 is 30.9 Å². The van der Waals surface area contributed by atoms with Crippen LogP contribution in [0.2, 0.25) is 0 Å². The molecule has 11 aromatic rings. The van der Waals surface area contributed by atoms with E-state index in [1.54, 1.807) is 0 Å². The third-order valence-electron chi connectivity index (χ3n) is 17.7. The highest BCUT2D eigenvalue weighted by molar-refractivity contribution is 6.99. The summed E-state index contributed by atoms with van der Waals surface area (Å²) in [5.74, 6) is 1.79. The van der Waals surface area contributed by atoms with Crippen LogP contribution in [0.25, 0.3) is 38.6 Å². The van der Waals surface area contributed by atoms with Crippen LogP contribution in [0.15, 0.2) is 212 Å². The van der Waals surface area contributed by atoms with E-state index in [4.69, 9.17) is 4.74 Å². The van der Waals surface area contributed by atoms with Gasteiger partial charge >= 0.3 is 0 Å². The van der Waals surface area contributed by atoms with Crippen molar-refractivity contribution in [3.8, 4) is 28.3 Å². The fraction of sp³-hybridized carbons (Fsp3) is 0.178. The molecule has 0 fully saturated rings. The fourth-order valence-electron chi connectivity index (χ4n) is 14.0. The molecule has 15 rings (SSSR count). The van der Waals surface area contributed by atoms with Gasteiger partial charge in [0.15, 0.2) is 0 Å². The third-order valence-corrected chi connectivity index (χ3v) is 17.7. The van der Waals surface area contributed by atoms with Gasteiger partial charge in [0.1, 0.15) is 11.5 Å². The standard InChI is InChI=1S/C73H62BN3O/c1-70(2,3)45-33-37-48(38-34-45)75-63-39-35-46(71(4,5)6)41-58(63)74-59-42-47(72(7,8)9)36-40-66(59)78-67-44-49(43-65(75)68(67)74)76-60-29-17-12-23-52(60)53-24-20-32-64(69(53)76)77-61-30-18-15-27-56(61)73(57-28-16-19-31-62(57)77)54-25-13-10-21-50(54)51-22-11-14-26-55(51)73/h10-44H,1-9H3. The second-order valence-corrected chi connectivity index (χ2v) is 25.3. The van der Waals surface area contributed by atoms with E-state index in [-0.39, 0.29) is 23.0 Å². The van der Waals surface area contributed by atoms with Gasteiger partial charge in [-0.25, -0.2) is 0 Å². The van der Waals surface area contributed by atoms with Crippen LogP contribution in [0.5, 0.6) is 11.5 Å². The second-order valence-electron chi connectivity index (χ2n) is 25.3. The van der Waals surface area contributed by atoms with E-state index in [1.165, 1.54) is 94.3 Å². The summed E-state index contributed by atoms with van der Waals surface area (Å²) >= 11 is 0. The summed E-state index contributed by atoms with van der Waals surface area (Å²) in [6.07, 6.45) is 0. The molecule has 1 aromatic heterocycles. The number of ether oxygens (including phenoxy) is 1. The van der Waals surface area contributed by atoms with Crippen molar-refractivity contribution in [2.24, 2.45) is 0 Å². The Morgan fingerprint density at radius 1 is 0.372 bits per heavy atom. The monoisotopic (exact) mass is 1010 g/mol. The van der Waals surface area contributed by atoms with Crippen molar-refractivity contribution >= 4 is 79.0 Å². The van der Waals surface area contributed by atoms with Crippen molar-refractivity contribution in [3.05, 3.63) is 251 Å². The van der Waals surface area contributed by atoms with E-state index in [1.807, 2.05) is 0 Å². The van der Waals surface area contributed by atoms with Gasteiger partial charge in [-0.3, -0.25) is 0 Å². The average Bonchev–Trinajstić information content (AvgIpc) is 4.15. The van der Waals surface area contributed by atoms with E-state index in [9.17, 15) is 0 Å². The Morgan fingerprint density at radius 3 is 1.54 bits per heavy atom. The molecule has 3 aliphatic heterocycles. The molecule has 0 amide bonds. The van der Waals surface area contributed by atoms with E-state index >= 15 is 0 Å². The van der Waals surface area contributed by atoms with Gasteiger partial charge in [0.25, 0.3) is 6.71 Å². The zero-order chi connectivity index (χ0) is 53.2. The van der Waals surface area contributed by atoms with Gasteiger partial charge in [0.05, 0.1) is 39.2 Å². The number of benzene rings is 10. The van der Waals surface area contributed by atoms with Crippen molar-refractivity contribution in [3.63, 3.8) is 0 Å². The number of fused-ring (bicyclic) bond motifs is 16. The lowest BCUT2D eigenvalue weighted by Crippen LogP contribution is -2.60. The number of nitrogens with zero attached hydrogens (tertiary/aromatic N) is 3. The topological polar surface area (TPSA) is 20.6 Å². The summed E-state index contributed by atoms with van der Waals surface area (Å²) < 4.78 is 9.95. The van der Waals surface area contributed by atoms with Crippen molar-refractivity contribution < 1.29 is 4.74 Å². The number of hydrogen-bond donors (Lipinski definition) is 0. The van der Waals surface area contributed by atoms with Gasteiger partial charge in [0, 0.05) is 33.9 Å². The van der Waals surface area contributed by atoms with Crippen LogP contribution in [-0.4, -0.2) is 11.3 Å². The molecule has 0 atom stereocenters. The SMILES string of the molecule is CC(C)(C)c1ccc(N2c3ccc(C(C)(C)C)cc3B3c4cc(C(C)(C)C)ccc4Oc4cc(-n5c6ccccc6c6cccc(N7c8ccccc8C8(c9ccccc9-c9ccccc98)c8ccccc87)c65)cc2c43)cc1. The molecule has 0 radical (unpaired) electrons. The van der Waals surface area contributed by atoms with Crippen LogP contribution >= 0.6 is 0 Å². The minimum absolute atomic E-state index is 0.00270. The Morgan fingerprint density at radius 2 is 0.897 bits per heavy atom. The number of anilines is 6. The van der Waals surface area contributed by atoms with Gasteiger partial charge in [-0.15, -0.1) is 0 Å². The van der Waals surface area contributed by atoms with Crippen molar-refractivity contribution in [1.82, 2.24) is 4.57 Å². The zero-order valence-corrected chi connectivity index (χ0v) is 46.0. The Hall–Kier alpha value is -8.54. The van der Waals surface area contributed by atoms with E-state index < -0.39 is 5.41 Å². The largest absolute Gasteiger partial charge is 0.458 e. The highest BCUT2D eigenvalue weighted by atomic mass is 16.5. The lowest BCUT2D eigenvalue weighted by Gasteiger charge is -2.45. The molecular formula is C73H62BN3O. The Balaban J connectivity index is 1.02. The predicted octanol–water partition coefficient (Wildman–Crippen LogP) is 17.2. The van der Waals surface area contributed by atoms with Gasteiger partial charge in [-0.2, -0.15) is 0 Å².